The van der Waals surface area contributed by atoms with Gasteiger partial charge in [-0.2, -0.15) is 0 Å². The Hall–Kier alpha value is -1.32. The molecule has 0 bridgehead atoms. The van der Waals surface area contributed by atoms with Gasteiger partial charge in [-0.15, -0.1) is 0 Å². The zero-order valence-corrected chi connectivity index (χ0v) is 11.5. The lowest BCUT2D eigenvalue weighted by Gasteiger charge is -2.32. The molecule has 0 fully saturated rings. The third-order valence-corrected chi connectivity index (χ3v) is 2.92. The number of carbonyl (C=O) groups excluding carboxylic acids is 1. The van der Waals surface area contributed by atoms with Crippen LogP contribution in [0.4, 0.5) is 0 Å². The molecule has 0 aromatic rings. The zero-order valence-electron chi connectivity index (χ0n) is 11.5. The summed E-state index contributed by atoms with van der Waals surface area (Å²) < 4.78 is 0. The average molecular weight is 253 g/mol. The van der Waals surface area contributed by atoms with Crippen molar-refractivity contribution in [2.45, 2.75) is 40.0 Å². The maximum Gasteiger partial charge on any atom is 0.323 e. The molecule has 0 spiro atoms. The molecule has 0 saturated heterocycles. The van der Waals surface area contributed by atoms with Crippen LogP contribution in [0.15, 0.2) is 12.2 Å². The molecule has 1 atom stereocenters. The van der Waals surface area contributed by atoms with Gasteiger partial charge in [0.05, 0.1) is 0 Å². The van der Waals surface area contributed by atoms with Crippen LogP contribution in [0.5, 0.6) is 0 Å². The summed E-state index contributed by atoms with van der Waals surface area (Å²) in [5.41, 5.74) is -0.0877. The van der Waals surface area contributed by atoms with Crippen LogP contribution >= 0.6 is 0 Å². The van der Waals surface area contributed by atoms with E-state index < -0.39 is 5.97 Å². The first-order valence-electron chi connectivity index (χ1n) is 6.45. The van der Waals surface area contributed by atoms with Crippen LogP contribution in [0.3, 0.4) is 0 Å². The molecular formula is C14H23NO3. The number of hydrogen-bond acceptors (Lipinski definition) is 2. The standard InChI is InChI=1S/C14H23NO3/c1-14(2,3)10-15(9-12(16)17)13(18)11-7-5-4-6-8-11/h4-5,11H,6-10H2,1-3H3,(H,16,17). The van der Waals surface area contributed by atoms with Gasteiger partial charge in [-0.3, -0.25) is 9.59 Å². The van der Waals surface area contributed by atoms with Gasteiger partial charge in [-0.1, -0.05) is 32.9 Å². The van der Waals surface area contributed by atoms with Crippen molar-refractivity contribution in [1.82, 2.24) is 4.90 Å². The van der Waals surface area contributed by atoms with Crippen LogP contribution in [0.25, 0.3) is 0 Å². The van der Waals surface area contributed by atoms with E-state index in [9.17, 15) is 9.59 Å². The lowest BCUT2D eigenvalue weighted by Crippen LogP contribution is -2.44. The fourth-order valence-electron chi connectivity index (χ4n) is 2.22. The van der Waals surface area contributed by atoms with E-state index in [1.807, 2.05) is 26.8 Å². The quantitative estimate of drug-likeness (QED) is 0.782. The van der Waals surface area contributed by atoms with Gasteiger partial charge in [0.15, 0.2) is 0 Å². The highest BCUT2D eigenvalue weighted by molar-refractivity contribution is 5.83. The van der Waals surface area contributed by atoms with Crippen molar-refractivity contribution in [1.29, 1.82) is 0 Å². The summed E-state index contributed by atoms with van der Waals surface area (Å²) in [6.07, 6.45) is 6.57. The number of rotatable bonds is 4. The van der Waals surface area contributed by atoms with Crippen molar-refractivity contribution < 1.29 is 14.7 Å². The minimum atomic E-state index is -0.945. The molecule has 0 aromatic carbocycles. The highest BCUT2D eigenvalue weighted by Crippen LogP contribution is 2.23. The van der Waals surface area contributed by atoms with E-state index >= 15 is 0 Å². The summed E-state index contributed by atoms with van der Waals surface area (Å²) in [6.45, 7) is 6.32. The monoisotopic (exact) mass is 253 g/mol. The fraction of sp³-hybridized carbons (Fsp3) is 0.714. The first kappa shape index (κ1) is 14.7. The second-order valence-corrected chi connectivity index (χ2v) is 6.13. The molecule has 1 rings (SSSR count). The molecule has 18 heavy (non-hydrogen) atoms. The second-order valence-electron chi connectivity index (χ2n) is 6.13. The molecule has 4 heteroatoms. The Kier molecular flexibility index (Phi) is 4.93. The second kappa shape index (κ2) is 6.03. The van der Waals surface area contributed by atoms with E-state index in [4.69, 9.17) is 5.11 Å². The van der Waals surface area contributed by atoms with Crippen LogP contribution in [0.1, 0.15) is 40.0 Å². The summed E-state index contributed by atoms with van der Waals surface area (Å²) in [5, 5.41) is 8.92. The molecule has 0 saturated carbocycles. The van der Waals surface area contributed by atoms with Gasteiger partial charge in [-0.05, 0) is 24.7 Å². The zero-order chi connectivity index (χ0) is 13.8. The number of hydrogen-bond donors (Lipinski definition) is 1. The molecule has 0 radical (unpaired) electrons. The number of carbonyl (C=O) groups is 2. The molecule has 4 nitrogen and oxygen atoms in total. The fourth-order valence-corrected chi connectivity index (χ4v) is 2.22. The molecule has 1 unspecified atom stereocenters. The molecule has 1 aliphatic carbocycles. The summed E-state index contributed by atoms with van der Waals surface area (Å²) in [4.78, 5) is 24.7. The highest BCUT2D eigenvalue weighted by atomic mass is 16.4. The van der Waals surface area contributed by atoms with Gasteiger partial charge >= 0.3 is 5.97 Å². The largest absolute Gasteiger partial charge is 0.480 e. The maximum absolute atomic E-state index is 12.3. The Morgan fingerprint density at radius 2 is 2.00 bits per heavy atom. The predicted octanol–water partition coefficient (Wildman–Crippen LogP) is 2.30. The van der Waals surface area contributed by atoms with Crippen molar-refractivity contribution in [2.24, 2.45) is 11.3 Å². The van der Waals surface area contributed by atoms with E-state index in [0.29, 0.717) is 6.54 Å². The Bertz CT molecular complexity index is 341. The molecule has 1 N–H and O–H groups in total. The molecular weight excluding hydrogens is 230 g/mol. The lowest BCUT2D eigenvalue weighted by molar-refractivity contribution is -0.147. The molecule has 1 amide bonds. The van der Waals surface area contributed by atoms with E-state index in [1.54, 1.807) is 0 Å². The summed E-state index contributed by atoms with van der Waals surface area (Å²) in [7, 11) is 0. The lowest BCUT2D eigenvalue weighted by atomic mass is 9.91. The molecule has 1 aliphatic rings. The van der Waals surface area contributed by atoms with Gasteiger partial charge in [0.2, 0.25) is 5.91 Å². The molecule has 0 aliphatic heterocycles. The third kappa shape index (κ3) is 4.90. The average Bonchev–Trinajstić information content (AvgIpc) is 2.26. The van der Waals surface area contributed by atoms with E-state index in [2.05, 4.69) is 6.08 Å². The summed E-state index contributed by atoms with van der Waals surface area (Å²) >= 11 is 0. The van der Waals surface area contributed by atoms with Crippen LogP contribution in [0.2, 0.25) is 0 Å². The van der Waals surface area contributed by atoms with Crippen LogP contribution in [-0.4, -0.2) is 35.0 Å². The number of amides is 1. The van der Waals surface area contributed by atoms with Crippen LogP contribution < -0.4 is 0 Å². The Morgan fingerprint density at radius 3 is 2.44 bits per heavy atom. The number of nitrogens with zero attached hydrogens (tertiary/aromatic N) is 1. The van der Waals surface area contributed by atoms with Crippen LogP contribution in [-0.2, 0) is 9.59 Å². The van der Waals surface area contributed by atoms with Gasteiger partial charge in [-0.25, -0.2) is 0 Å². The summed E-state index contributed by atoms with van der Waals surface area (Å²) in [5.74, 6) is -1.01. The van der Waals surface area contributed by atoms with Crippen molar-refractivity contribution >= 4 is 11.9 Å². The van der Waals surface area contributed by atoms with E-state index in [1.165, 1.54) is 4.90 Å². The van der Waals surface area contributed by atoms with Gasteiger partial charge in [0.25, 0.3) is 0 Å². The summed E-state index contributed by atoms with van der Waals surface area (Å²) in [6, 6.07) is 0. The number of aliphatic carboxylic acids is 1. The minimum absolute atomic E-state index is 0.0170. The number of carboxylic acid groups (broad SMARTS) is 1. The van der Waals surface area contributed by atoms with Crippen molar-refractivity contribution in [2.75, 3.05) is 13.1 Å². The predicted molar refractivity (Wildman–Crippen MR) is 70.2 cm³/mol. The third-order valence-electron chi connectivity index (χ3n) is 2.92. The van der Waals surface area contributed by atoms with Gasteiger partial charge < -0.3 is 10.0 Å². The number of allylic oxidation sites excluding steroid dienone is 2. The van der Waals surface area contributed by atoms with E-state index in [0.717, 1.165) is 19.3 Å². The Labute approximate surface area is 109 Å². The Balaban J connectivity index is 2.71. The van der Waals surface area contributed by atoms with Crippen LogP contribution in [0, 0.1) is 11.3 Å². The molecule has 0 aromatic heterocycles. The maximum atomic E-state index is 12.3. The minimum Gasteiger partial charge on any atom is -0.480 e. The molecule has 0 heterocycles. The van der Waals surface area contributed by atoms with Gasteiger partial charge in [0.1, 0.15) is 6.54 Å². The number of carboxylic acids is 1. The van der Waals surface area contributed by atoms with Crippen molar-refractivity contribution in [3.63, 3.8) is 0 Å². The van der Waals surface area contributed by atoms with Crippen molar-refractivity contribution in [3.8, 4) is 0 Å². The van der Waals surface area contributed by atoms with E-state index in [-0.39, 0.29) is 23.8 Å². The smallest absolute Gasteiger partial charge is 0.323 e. The van der Waals surface area contributed by atoms with Gasteiger partial charge in [0, 0.05) is 12.5 Å². The first-order valence-corrected chi connectivity index (χ1v) is 6.45. The Morgan fingerprint density at radius 1 is 1.33 bits per heavy atom. The first-order chi connectivity index (χ1) is 8.29. The normalized spacial score (nSPS) is 19.6. The topological polar surface area (TPSA) is 57.6 Å². The molecule has 102 valence electrons. The highest BCUT2D eigenvalue weighted by Gasteiger charge is 2.28. The SMILES string of the molecule is CC(C)(C)CN(CC(=O)O)C(=O)C1CC=CCC1. The van der Waals surface area contributed by atoms with Crippen molar-refractivity contribution in [3.05, 3.63) is 12.2 Å².